The van der Waals surface area contributed by atoms with Crippen LogP contribution in [0, 0.1) is 0 Å². The zero-order chi connectivity index (χ0) is 12.1. The maximum atomic E-state index is 11.2. The number of carbonyl (C=O) groups excluding carboxylic acids is 1. The number of hydrogen-bond donors (Lipinski definition) is 1. The summed E-state index contributed by atoms with van der Waals surface area (Å²) >= 11 is 0. The smallest absolute Gasteiger partial charge is 0.264 e. The number of rotatable bonds is 4. The Morgan fingerprint density at radius 2 is 1.94 bits per heavy atom. The molecule has 0 unspecified atom stereocenters. The van der Waals surface area contributed by atoms with Gasteiger partial charge >= 0.3 is 0 Å². The first kappa shape index (κ1) is 13.0. The Labute approximate surface area is 97.4 Å². The number of primary amides is 1. The van der Waals surface area contributed by atoms with E-state index < -0.39 is 0 Å². The molecule has 0 bridgehead atoms. The molecule has 1 amide bonds. The van der Waals surface area contributed by atoms with Crippen LogP contribution in [0.4, 0.5) is 0 Å². The first-order valence-corrected chi connectivity index (χ1v) is 5.81. The molecule has 0 heterocycles. The molecule has 0 spiro atoms. The lowest BCUT2D eigenvalue weighted by Crippen LogP contribution is -2.39. The molecule has 92 valence electrons. The van der Waals surface area contributed by atoms with Crippen LogP contribution in [0.1, 0.15) is 32.6 Å². The Bertz CT molecular complexity index is 268. The van der Waals surface area contributed by atoms with Crippen LogP contribution in [0.2, 0.25) is 0 Å². The van der Waals surface area contributed by atoms with Crippen molar-refractivity contribution in [1.82, 2.24) is 4.90 Å². The van der Waals surface area contributed by atoms with Crippen LogP contribution in [0.5, 0.6) is 0 Å². The van der Waals surface area contributed by atoms with E-state index in [1.807, 2.05) is 18.9 Å². The molecular weight excluding hydrogens is 204 g/mol. The first-order valence-electron chi connectivity index (χ1n) is 5.81. The number of amides is 1. The Kier molecular flexibility index (Phi) is 4.80. The van der Waals surface area contributed by atoms with Gasteiger partial charge in [-0.2, -0.15) is 0 Å². The van der Waals surface area contributed by atoms with E-state index in [2.05, 4.69) is 0 Å². The van der Waals surface area contributed by atoms with E-state index in [-0.39, 0.29) is 5.91 Å². The molecule has 1 fully saturated rings. The van der Waals surface area contributed by atoms with Gasteiger partial charge in [0.15, 0.2) is 0 Å². The number of allylic oxidation sites excluding steroid dienone is 1. The molecule has 4 nitrogen and oxygen atoms in total. The number of likely N-dealkylation sites (N-methyl/N-ethyl adjacent to an activating group) is 1. The van der Waals surface area contributed by atoms with Gasteiger partial charge in [0.1, 0.15) is 0 Å². The highest BCUT2D eigenvalue weighted by Crippen LogP contribution is 2.25. The van der Waals surface area contributed by atoms with Crippen molar-refractivity contribution in [2.75, 3.05) is 14.2 Å². The maximum absolute atomic E-state index is 11.2. The molecule has 0 aromatic heterocycles. The molecule has 0 aromatic rings. The second-order valence-corrected chi connectivity index (χ2v) is 4.32. The summed E-state index contributed by atoms with van der Waals surface area (Å²) < 4.78 is 5.33. The van der Waals surface area contributed by atoms with Crippen LogP contribution < -0.4 is 5.73 Å². The number of methoxy groups -OCH3 is 1. The maximum Gasteiger partial charge on any atom is 0.264 e. The van der Waals surface area contributed by atoms with Crippen molar-refractivity contribution in [3.8, 4) is 0 Å². The largest absolute Gasteiger partial charge is 0.381 e. The highest BCUT2D eigenvalue weighted by molar-refractivity contribution is 5.91. The average Bonchev–Trinajstić information content (AvgIpc) is 2.29. The van der Waals surface area contributed by atoms with Crippen LogP contribution in [-0.2, 0) is 9.53 Å². The van der Waals surface area contributed by atoms with Gasteiger partial charge < -0.3 is 15.4 Å². The number of nitrogens with zero attached hydrogens (tertiary/aromatic N) is 1. The van der Waals surface area contributed by atoms with Gasteiger partial charge in [-0.05, 0) is 32.6 Å². The van der Waals surface area contributed by atoms with Crippen molar-refractivity contribution in [1.29, 1.82) is 0 Å². The summed E-state index contributed by atoms with van der Waals surface area (Å²) in [7, 11) is 3.70. The van der Waals surface area contributed by atoms with Gasteiger partial charge in [0, 0.05) is 20.2 Å². The minimum atomic E-state index is -0.348. The third kappa shape index (κ3) is 2.98. The van der Waals surface area contributed by atoms with E-state index in [4.69, 9.17) is 10.5 Å². The van der Waals surface area contributed by atoms with E-state index in [1.54, 1.807) is 13.2 Å². The topological polar surface area (TPSA) is 55.6 Å². The molecule has 0 saturated heterocycles. The normalized spacial score (nSPS) is 26.6. The minimum absolute atomic E-state index is 0.348. The molecule has 0 radical (unpaired) electrons. The quantitative estimate of drug-likeness (QED) is 0.734. The molecule has 0 atom stereocenters. The fourth-order valence-electron chi connectivity index (χ4n) is 2.38. The summed E-state index contributed by atoms with van der Waals surface area (Å²) in [4.78, 5) is 13.2. The highest BCUT2D eigenvalue weighted by Gasteiger charge is 2.25. The fourth-order valence-corrected chi connectivity index (χ4v) is 2.38. The minimum Gasteiger partial charge on any atom is -0.381 e. The lowest BCUT2D eigenvalue weighted by molar-refractivity contribution is -0.116. The van der Waals surface area contributed by atoms with Gasteiger partial charge in [-0.15, -0.1) is 0 Å². The van der Waals surface area contributed by atoms with Crippen LogP contribution in [0.25, 0.3) is 0 Å². The fraction of sp³-hybridized carbons (Fsp3) is 0.750. The standard InChI is InChI=1S/C12H22N2O2/c1-4-11(12(13)15)14(2)9-5-7-10(16-3)8-6-9/h4,9-10H,5-8H2,1-3H3,(H2,13,15). The molecule has 1 aliphatic rings. The summed E-state index contributed by atoms with van der Waals surface area (Å²) in [5.74, 6) is -0.348. The third-order valence-electron chi connectivity index (χ3n) is 3.43. The Hall–Kier alpha value is -1.03. The lowest BCUT2D eigenvalue weighted by Gasteiger charge is -2.35. The van der Waals surface area contributed by atoms with E-state index >= 15 is 0 Å². The van der Waals surface area contributed by atoms with E-state index in [0.717, 1.165) is 25.7 Å². The van der Waals surface area contributed by atoms with Crippen LogP contribution in [0.3, 0.4) is 0 Å². The van der Waals surface area contributed by atoms with E-state index in [0.29, 0.717) is 17.8 Å². The summed E-state index contributed by atoms with van der Waals surface area (Å²) in [5, 5.41) is 0. The van der Waals surface area contributed by atoms with Crippen molar-refractivity contribution >= 4 is 5.91 Å². The van der Waals surface area contributed by atoms with Gasteiger partial charge in [0.25, 0.3) is 5.91 Å². The molecular formula is C12H22N2O2. The molecule has 0 aromatic carbocycles. The summed E-state index contributed by atoms with van der Waals surface area (Å²) in [6, 6.07) is 0.408. The molecule has 1 aliphatic carbocycles. The second kappa shape index (κ2) is 5.89. The van der Waals surface area contributed by atoms with Crippen molar-refractivity contribution in [2.45, 2.75) is 44.8 Å². The summed E-state index contributed by atoms with van der Waals surface area (Å²) in [6.45, 7) is 1.84. The zero-order valence-electron chi connectivity index (χ0n) is 10.4. The Morgan fingerprint density at radius 1 is 1.38 bits per heavy atom. The highest BCUT2D eigenvalue weighted by atomic mass is 16.5. The van der Waals surface area contributed by atoms with Gasteiger partial charge in [-0.25, -0.2) is 0 Å². The van der Waals surface area contributed by atoms with Crippen molar-refractivity contribution in [3.05, 3.63) is 11.8 Å². The van der Waals surface area contributed by atoms with Gasteiger partial charge in [-0.1, -0.05) is 6.08 Å². The SMILES string of the molecule is CC=C(C(N)=O)N(C)C1CCC(OC)CC1. The van der Waals surface area contributed by atoms with E-state index in [9.17, 15) is 4.79 Å². The third-order valence-corrected chi connectivity index (χ3v) is 3.43. The van der Waals surface area contributed by atoms with Crippen molar-refractivity contribution in [3.63, 3.8) is 0 Å². The molecule has 0 aliphatic heterocycles. The molecule has 1 rings (SSSR count). The molecule has 2 N–H and O–H groups in total. The van der Waals surface area contributed by atoms with Gasteiger partial charge in [-0.3, -0.25) is 4.79 Å². The first-order chi connectivity index (χ1) is 7.60. The molecule has 16 heavy (non-hydrogen) atoms. The van der Waals surface area contributed by atoms with Crippen molar-refractivity contribution < 1.29 is 9.53 Å². The molecule has 1 saturated carbocycles. The predicted octanol–water partition coefficient (Wildman–Crippen LogP) is 1.26. The van der Waals surface area contributed by atoms with Gasteiger partial charge in [0.2, 0.25) is 0 Å². The lowest BCUT2D eigenvalue weighted by atomic mass is 9.91. The monoisotopic (exact) mass is 226 g/mol. The number of nitrogens with two attached hydrogens (primary N) is 1. The average molecular weight is 226 g/mol. The molecule has 4 heteroatoms. The van der Waals surface area contributed by atoms with Crippen LogP contribution >= 0.6 is 0 Å². The number of carbonyl (C=O) groups is 1. The van der Waals surface area contributed by atoms with Gasteiger partial charge in [0.05, 0.1) is 11.8 Å². The predicted molar refractivity (Wildman–Crippen MR) is 63.8 cm³/mol. The summed E-state index contributed by atoms with van der Waals surface area (Å²) in [5.41, 5.74) is 5.95. The number of hydrogen-bond acceptors (Lipinski definition) is 3. The Morgan fingerprint density at radius 3 is 2.31 bits per heavy atom. The second-order valence-electron chi connectivity index (χ2n) is 4.32. The van der Waals surface area contributed by atoms with Crippen LogP contribution in [0.15, 0.2) is 11.8 Å². The number of ether oxygens (including phenoxy) is 1. The zero-order valence-corrected chi connectivity index (χ0v) is 10.4. The van der Waals surface area contributed by atoms with Crippen molar-refractivity contribution in [2.24, 2.45) is 5.73 Å². The Balaban J connectivity index is 2.56. The summed E-state index contributed by atoms with van der Waals surface area (Å²) in [6.07, 6.45) is 6.39. The van der Waals surface area contributed by atoms with Crippen LogP contribution in [-0.4, -0.2) is 37.1 Å². The van der Waals surface area contributed by atoms with E-state index in [1.165, 1.54) is 0 Å².